The number of aromatic nitrogens is 2. The van der Waals surface area contributed by atoms with Crippen molar-refractivity contribution in [1.82, 2.24) is 20.8 Å². The summed E-state index contributed by atoms with van der Waals surface area (Å²) in [7, 11) is 0. The van der Waals surface area contributed by atoms with Crippen LogP contribution in [0.1, 0.15) is 31.4 Å². The highest BCUT2D eigenvalue weighted by atomic mass is 32.1. The maximum Gasteiger partial charge on any atom is 0.166 e. The standard InChI is InChI=1S/C10H16N4S/c15-10(13-8-3-1-2-4-8)11-7-9-5-6-12-14-9/h5-6,8H,1-4,7H2,(H,12,14)(H2,11,13,15). The van der Waals surface area contributed by atoms with Crippen LogP contribution < -0.4 is 10.6 Å². The predicted octanol–water partition coefficient (Wildman–Crippen LogP) is 1.32. The van der Waals surface area contributed by atoms with Crippen LogP contribution in [-0.4, -0.2) is 21.4 Å². The molecule has 82 valence electrons. The van der Waals surface area contributed by atoms with Crippen LogP contribution >= 0.6 is 12.2 Å². The van der Waals surface area contributed by atoms with Crippen LogP contribution in [0.25, 0.3) is 0 Å². The van der Waals surface area contributed by atoms with Gasteiger partial charge in [-0.3, -0.25) is 5.10 Å². The number of thiocarbonyl (C=S) groups is 1. The lowest BCUT2D eigenvalue weighted by Gasteiger charge is -2.15. The molecule has 1 saturated carbocycles. The Labute approximate surface area is 94.8 Å². The summed E-state index contributed by atoms with van der Waals surface area (Å²) in [6.07, 6.45) is 6.86. The molecule has 0 atom stereocenters. The highest BCUT2D eigenvalue weighted by Crippen LogP contribution is 2.17. The fraction of sp³-hybridized carbons (Fsp3) is 0.600. The number of rotatable bonds is 3. The number of nitrogens with one attached hydrogen (secondary N) is 3. The maximum absolute atomic E-state index is 5.21. The van der Waals surface area contributed by atoms with E-state index in [9.17, 15) is 0 Å². The van der Waals surface area contributed by atoms with E-state index < -0.39 is 0 Å². The van der Waals surface area contributed by atoms with E-state index >= 15 is 0 Å². The van der Waals surface area contributed by atoms with E-state index in [1.54, 1.807) is 6.20 Å². The molecule has 1 aromatic heterocycles. The van der Waals surface area contributed by atoms with Crippen molar-refractivity contribution < 1.29 is 0 Å². The maximum atomic E-state index is 5.21. The Morgan fingerprint density at radius 2 is 2.33 bits per heavy atom. The van der Waals surface area contributed by atoms with Crippen LogP contribution in [0, 0.1) is 0 Å². The Morgan fingerprint density at radius 1 is 1.53 bits per heavy atom. The van der Waals surface area contributed by atoms with Crippen molar-refractivity contribution in [3.8, 4) is 0 Å². The minimum atomic E-state index is 0.576. The lowest BCUT2D eigenvalue weighted by Crippen LogP contribution is -2.40. The lowest BCUT2D eigenvalue weighted by molar-refractivity contribution is 0.620. The molecule has 1 aromatic rings. The fourth-order valence-electron chi connectivity index (χ4n) is 1.87. The second kappa shape index (κ2) is 5.11. The summed E-state index contributed by atoms with van der Waals surface area (Å²) in [6.45, 7) is 0.707. The van der Waals surface area contributed by atoms with E-state index in [0.717, 1.165) is 10.8 Å². The molecule has 1 aliphatic carbocycles. The molecule has 0 spiro atoms. The number of aromatic amines is 1. The Bertz CT molecular complexity index is 303. The minimum absolute atomic E-state index is 0.576. The first-order chi connectivity index (χ1) is 7.34. The largest absolute Gasteiger partial charge is 0.360 e. The van der Waals surface area contributed by atoms with E-state index in [4.69, 9.17) is 12.2 Å². The number of hydrogen-bond acceptors (Lipinski definition) is 2. The molecule has 1 heterocycles. The second-order valence-electron chi connectivity index (χ2n) is 3.89. The average Bonchev–Trinajstić information content (AvgIpc) is 2.86. The molecule has 3 N–H and O–H groups in total. The molecule has 1 fully saturated rings. The Morgan fingerprint density at radius 3 is 3.00 bits per heavy atom. The molecule has 5 heteroatoms. The van der Waals surface area contributed by atoms with E-state index in [0.29, 0.717) is 12.6 Å². The van der Waals surface area contributed by atoms with Crippen molar-refractivity contribution >= 4 is 17.3 Å². The van der Waals surface area contributed by atoms with Crippen molar-refractivity contribution in [3.05, 3.63) is 18.0 Å². The molecule has 0 unspecified atom stereocenters. The molecule has 0 bridgehead atoms. The van der Waals surface area contributed by atoms with Crippen LogP contribution in [0.3, 0.4) is 0 Å². The molecule has 0 aromatic carbocycles. The molecular weight excluding hydrogens is 208 g/mol. The van der Waals surface area contributed by atoms with Crippen molar-refractivity contribution in [2.45, 2.75) is 38.3 Å². The van der Waals surface area contributed by atoms with Crippen molar-refractivity contribution in [2.24, 2.45) is 0 Å². The van der Waals surface area contributed by atoms with Gasteiger partial charge in [-0.1, -0.05) is 12.8 Å². The predicted molar refractivity (Wildman–Crippen MR) is 63.4 cm³/mol. The minimum Gasteiger partial charge on any atom is -0.360 e. The third kappa shape index (κ3) is 3.20. The molecule has 4 nitrogen and oxygen atoms in total. The zero-order valence-electron chi connectivity index (χ0n) is 8.62. The molecule has 2 rings (SSSR count). The van der Waals surface area contributed by atoms with Crippen LogP contribution in [-0.2, 0) is 6.54 Å². The van der Waals surface area contributed by atoms with Crippen molar-refractivity contribution in [2.75, 3.05) is 0 Å². The summed E-state index contributed by atoms with van der Waals surface area (Å²) in [4.78, 5) is 0. The quantitative estimate of drug-likeness (QED) is 0.678. The highest BCUT2D eigenvalue weighted by molar-refractivity contribution is 7.80. The van der Waals surface area contributed by atoms with Crippen LogP contribution in [0.5, 0.6) is 0 Å². The zero-order valence-corrected chi connectivity index (χ0v) is 9.44. The van der Waals surface area contributed by atoms with Gasteiger partial charge in [-0.25, -0.2) is 0 Å². The molecular formula is C10H16N4S. The summed E-state index contributed by atoms with van der Waals surface area (Å²) in [5.41, 5.74) is 1.05. The monoisotopic (exact) mass is 224 g/mol. The number of H-pyrrole nitrogens is 1. The van der Waals surface area contributed by atoms with E-state index in [1.165, 1.54) is 25.7 Å². The molecule has 0 aliphatic heterocycles. The first-order valence-corrected chi connectivity index (χ1v) is 5.78. The van der Waals surface area contributed by atoms with Gasteiger partial charge in [-0.15, -0.1) is 0 Å². The summed E-state index contributed by atoms with van der Waals surface area (Å²) in [6, 6.07) is 2.51. The van der Waals surface area contributed by atoms with Crippen molar-refractivity contribution in [1.29, 1.82) is 0 Å². The molecule has 15 heavy (non-hydrogen) atoms. The van der Waals surface area contributed by atoms with Gasteiger partial charge < -0.3 is 10.6 Å². The summed E-state index contributed by atoms with van der Waals surface area (Å²) < 4.78 is 0. The third-order valence-electron chi connectivity index (χ3n) is 2.69. The Kier molecular flexibility index (Phi) is 3.55. The van der Waals surface area contributed by atoms with E-state index in [-0.39, 0.29) is 0 Å². The highest BCUT2D eigenvalue weighted by Gasteiger charge is 2.15. The van der Waals surface area contributed by atoms with E-state index in [1.807, 2.05) is 6.07 Å². The third-order valence-corrected chi connectivity index (χ3v) is 2.95. The van der Waals surface area contributed by atoms with Gasteiger partial charge in [0.1, 0.15) is 0 Å². The molecule has 0 saturated heterocycles. The molecule has 1 aliphatic rings. The zero-order chi connectivity index (χ0) is 10.5. The van der Waals surface area contributed by atoms with Crippen LogP contribution in [0.4, 0.5) is 0 Å². The first kappa shape index (κ1) is 10.4. The van der Waals surface area contributed by atoms with Gasteiger partial charge in [0.2, 0.25) is 0 Å². The van der Waals surface area contributed by atoms with Crippen LogP contribution in [0.2, 0.25) is 0 Å². The van der Waals surface area contributed by atoms with Gasteiger partial charge in [0.15, 0.2) is 5.11 Å². The second-order valence-corrected chi connectivity index (χ2v) is 4.30. The van der Waals surface area contributed by atoms with Gasteiger partial charge in [-0.05, 0) is 31.1 Å². The first-order valence-electron chi connectivity index (χ1n) is 5.37. The van der Waals surface area contributed by atoms with Crippen LogP contribution in [0.15, 0.2) is 12.3 Å². The topological polar surface area (TPSA) is 52.7 Å². The van der Waals surface area contributed by atoms with Gasteiger partial charge in [0.05, 0.1) is 12.2 Å². The summed E-state index contributed by atoms with van der Waals surface area (Å²) in [5.74, 6) is 0. The average molecular weight is 224 g/mol. The Balaban J connectivity index is 1.68. The van der Waals surface area contributed by atoms with Gasteiger partial charge in [-0.2, -0.15) is 5.10 Å². The van der Waals surface area contributed by atoms with Crippen molar-refractivity contribution in [3.63, 3.8) is 0 Å². The number of hydrogen-bond donors (Lipinski definition) is 3. The SMILES string of the molecule is S=C(NCc1ccn[nH]1)NC1CCCC1. The van der Waals surface area contributed by atoms with Gasteiger partial charge in [0.25, 0.3) is 0 Å². The molecule has 0 amide bonds. The van der Waals surface area contributed by atoms with E-state index in [2.05, 4.69) is 20.8 Å². The normalized spacial score (nSPS) is 16.5. The summed E-state index contributed by atoms with van der Waals surface area (Å²) in [5, 5.41) is 14.0. The number of nitrogens with zero attached hydrogens (tertiary/aromatic N) is 1. The molecule has 0 radical (unpaired) electrons. The lowest BCUT2D eigenvalue weighted by atomic mass is 10.3. The smallest absolute Gasteiger partial charge is 0.166 e. The summed E-state index contributed by atoms with van der Waals surface area (Å²) >= 11 is 5.21. The van der Waals surface area contributed by atoms with Gasteiger partial charge in [0, 0.05) is 12.2 Å². The Hall–Kier alpha value is -1.10. The fourth-order valence-corrected chi connectivity index (χ4v) is 2.10. The van der Waals surface area contributed by atoms with Gasteiger partial charge >= 0.3 is 0 Å².